The van der Waals surface area contributed by atoms with Crippen molar-refractivity contribution in [3.8, 4) is 0 Å². The number of carbonyl (C=O) groups is 1. The summed E-state index contributed by atoms with van der Waals surface area (Å²) in [5.41, 5.74) is 0. The first-order chi connectivity index (χ1) is 6.74. The van der Waals surface area contributed by atoms with Crippen LogP contribution in [-0.2, 0) is 0 Å². The molecule has 0 bridgehead atoms. The summed E-state index contributed by atoms with van der Waals surface area (Å²) < 4.78 is 0. The normalized spacial score (nSPS) is 10.7. The number of hydrogen-bond donors (Lipinski definition) is 0. The van der Waals surface area contributed by atoms with E-state index < -0.39 is 0 Å². The summed E-state index contributed by atoms with van der Waals surface area (Å²) in [7, 11) is 0. The molecule has 0 aliphatic heterocycles. The molecule has 3 nitrogen and oxygen atoms in total. The molecule has 0 saturated heterocycles. The van der Waals surface area contributed by atoms with Gasteiger partial charge in [0.15, 0.2) is 6.29 Å². The van der Waals surface area contributed by atoms with Crippen molar-refractivity contribution in [3.05, 3.63) is 16.2 Å². The van der Waals surface area contributed by atoms with E-state index in [-0.39, 0.29) is 5.28 Å². The summed E-state index contributed by atoms with van der Waals surface area (Å²) in [5.74, 6) is 0. The van der Waals surface area contributed by atoms with E-state index in [9.17, 15) is 4.79 Å². The Morgan fingerprint density at radius 3 is 3.00 bits per heavy atom. The van der Waals surface area contributed by atoms with E-state index in [2.05, 4.69) is 9.97 Å². The predicted octanol–water partition coefficient (Wildman–Crippen LogP) is 2.88. The molecule has 0 fully saturated rings. The van der Waals surface area contributed by atoms with Gasteiger partial charge in [-0.3, -0.25) is 4.79 Å². The lowest BCUT2D eigenvalue weighted by molar-refractivity contribution is 0.112. The Hall–Kier alpha value is -0.650. The van der Waals surface area contributed by atoms with Crippen molar-refractivity contribution in [2.24, 2.45) is 0 Å². The number of thioether (sulfide) groups is 1. The fourth-order valence-corrected chi connectivity index (χ4v) is 2.84. The lowest BCUT2D eigenvalue weighted by atomic mass is 10.4. The van der Waals surface area contributed by atoms with E-state index in [4.69, 9.17) is 11.6 Å². The predicted molar refractivity (Wildman–Crippen MR) is 59.6 cm³/mol. The van der Waals surface area contributed by atoms with Gasteiger partial charge in [-0.25, -0.2) is 9.97 Å². The maximum Gasteiger partial charge on any atom is 0.224 e. The Bertz CT molecular complexity index is 497. The highest BCUT2D eigenvalue weighted by molar-refractivity contribution is 7.98. The molecular weight excluding hydrogens is 240 g/mol. The number of fused-ring (bicyclic) bond motifs is 1. The molecule has 0 aliphatic carbocycles. The molecule has 2 aromatic heterocycles. The Morgan fingerprint density at radius 2 is 2.36 bits per heavy atom. The van der Waals surface area contributed by atoms with Crippen molar-refractivity contribution >= 4 is 51.2 Å². The average Bonchev–Trinajstić information content (AvgIpc) is 2.59. The third-order valence-electron chi connectivity index (χ3n) is 1.66. The number of aldehydes is 1. The molecule has 2 heterocycles. The van der Waals surface area contributed by atoms with Crippen molar-refractivity contribution < 1.29 is 4.79 Å². The molecule has 14 heavy (non-hydrogen) atoms. The molecule has 0 atom stereocenters. The van der Waals surface area contributed by atoms with E-state index in [1.54, 1.807) is 6.07 Å². The highest BCUT2D eigenvalue weighted by atomic mass is 35.5. The van der Waals surface area contributed by atoms with Gasteiger partial charge in [-0.05, 0) is 23.9 Å². The summed E-state index contributed by atoms with van der Waals surface area (Å²) in [6.45, 7) is 0. The first-order valence-corrected chi connectivity index (χ1v) is 6.12. The van der Waals surface area contributed by atoms with Gasteiger partial charge in [0, 0.05) is 5.39 Å². The van der Waals surface area contributed by atoms with Crippen LogP contribution >= 0.6 is 34.7 Å². The minimum absolute atomic E-state index is 0.223. The zero-order chi connectivity index (χ0) is 10.1. The minimum Gasteiger partial charge on any atom is -0.297 e. The molecule has 2 rings (SSSR count). The molecule has 72 valence electrons. The van der Waals surface area contributed by atoms with Gasteiger partial charge in [-0.2, -0.15) is 0 Å². The number of halogens is 1. The van der Waals surface area contributed by atoms with Gasteiger partial charge in [0.2, 0.25) is 5.28 Å². The van der Waals surface area contributed by atoms with E-state index in [0.29, 0.717) is 4.88 Å². The Balaban J connectivity index is 2.77. The van der Waals surface area contributed by atoms with Gasteiger partial charge >= 0.3 is 0 Å². The van der Waals surface area contributed by atoms with Crippen LogP contribution < -0.4 is 0 Å². The minimum atomic E-state index is 0.223. The lowest BCUT2D eigenvalue weighted by Crippen LogP contribution is -1.84. The van der Waals surface area contributed by atoms with Crippen LogP contribution in [0.2, 0.25) is 5.28 Å². The van der Waals surface area contributed by atoms with Crippen molar-refractivity contribution in [3.63, 3.8) is 0 Å². The number of thiophene rings is 1. The van der Waals surface area contributed by atoms with Gasteiger partial charge in [0.05, 0.1) is 4.88 Å². The van der Waals surface area contributed by atoms with Crippen LogP contribution in [0.5, 0.6) is 0 Å². The molecule has 0 unspecified atom stereocenters. The maximum atomic E-state index is 10.6. The monoisotopic (exact) mass is 244 g/mol. The molecule has 0 radical (unpaired) electrons. The molecule has 2 aromatic rings. The molecule has 6 heteroatoms. The summed E-state index contributed by atoms with van der Waals surface area (Å²) >= 11 is 8.55. The highest BCUT2D eigenvalue weighted by Gasteiger charge is 2.09. The van der Waals surface area contributed by atoms with Gasteiger partial charge in [0.1, 0.15) is 9.86 Å². The Labute approximate surface area is 93.5 Å². The summed E-state index contributed by atoms with van der Waals surface area (Å²) in [6.07, 6.45) is 2.72. The van der Waals surface area contributed by atoms with Crippen LogP contribution in [0.15, 0.2) is 11.1 Å². The molecule has 0 aliphatic rings. The zero-order valence-electron chi connectivity index (χ0n) is 7.15. The van der Waals surface area contributed by atoms with E-state index in [1.165, 1.54) is 23.1 Å². The smallest absolute Gasteiger partial charge is 0.224 e. The molecule has 0 saturated carbocycles. The van der Waals surface area contributed by atoms with Crippen LogP contribution in [0.25, 0.3) is 10.2 Å². The lowest BCUT2D eigenvalue weighted by Gasteiger charge is -1.96. The Morgan fingerprint density at radius 1 is 1.57 bits per heavy atom. The van der Waals surface area contributed by atoms with Crippen LogP contribution in [0.4, 0.5) is 0 Å². The first kappa shape index (κ1) is 9.89. The highest BCUT2D eigenvalue weighted by Crippen LogP contribution is 2.30. The van der Waals surface area contributed by atoms with E-state index in [0.717, 1.165) is 21.5 Å². The van der Waals surface area contributed by atoms with Crippen molar-refractivity contribution in [2.45, 2.75) is 5.03 Å². The maximum absolute atomic E-state index is 10.6. The van der Waals surface area contributed by atoms with Gasteiger partial charge in [0.25, 0.3) is 0 Å². The van der Waals surface area contributed by atoms with Crippen LogP contribution in [-0.4, -0.2) is 22.5 Å². The van der Waals surface area contributed by atoms with Gasteiger partial charge in [-0.15, -0.1) is 23.1 Å². The number of aromatic nitrogens is 2. The second-order valence-electron chi connectivity index (χ2n) is 2.49. The standard InChI is InChI=1S/C8H5ClN2OS2/c1-13-6-5-2-4(3-12)14-7(5)11-8(9)10-6/h2-3H,1H3. The van der Waals surface area contributed by atoms with Gasteiger partial charge < -0.3 is 0 Å². The van der Waals surface area contributed by atoms with E-state index in [1.807, 2.05) is 6.26 Å². The molecular formula is C8H5ClN2OS2. The van der Waals surface area contributed by atoms with E-state index >= 15 is 0 Å². The van der Waals surface area contributed by atoms with Gasteiger partial charge in [-0.1, -0.05) is 0 Å². The third kappa shape index (κ3) is 1.63. The average molecular weight is 245 g/mol. The first-order valence-electron chi connectivity index (χ1n) is 3.71. The Kier molecular flexibility index (Phi) is 2.71. The quantitative estimate of drug-likeness (QED) is 0.353. The second kappa shape index (κ2) is 3.84. The number of hydrogen-bond acceptors (Lipinski definition) is 5. The number of nitrogens with zero attached hydrogens (tertiary/aromatic N) is 2. The summed E-state index contributed by atoms with van der Waals surface area (Å²) in [6, 6.07) is 1.79. The third-order valence-corrected chi connectivity index (χ3v) is 3.48. The fraction of sp³-hybridized carbons (Fsp3) is 0.125. The van der Waals surface area contributed by atoms with Crippen LogP contribution in [0, 0.1) is 0 Å². The van der Waals surface area contributed by atoms with Crippen molar-refractivity contribution in [1.29, 1.82) is 0 Å². The topological polar surface area (TPSA) is 42.9 Å². The molecule has 0 spiro atoms. The molecule has 0 amide bonds. The van der Waals surface area contributed by atoms with Crippen molar-refractivity contribution in [1.82, 2.24) is 9.97 Å². The van der Waals surface area contributed by atoms with Crippen LogP contribution in [0.1, 0.15) is 9.67 Å². The number of carbonyl (C=O) groups excluding carboxylic acids is 1. The zero-order valence-corrected chi connectivity index (χ0v) is 9.54. The van der Waals surface area contributed by atoms with Crippen molar-refractivity contribution in [2.75, 3.05) is 6.26 Å². The largest absolute Gasteiger partial charge is 0.297 e. The summed E-state index contributed by atoms with van der Waals surface area (Å²) in [4.78, 5) is 20.1. The fourth-order valence-electron chi connectivity index (χ4n) is 1.10. The molecule has 0 N–H and O–H groups in total. The number of rotatable bonds is 2. The van der Waals surface area contributed by atoms with Crippen LogP contribution in [0.3, 0.4) is 0 Å². The second-order valence-corrected chi connectivity index (χ2v) is 4.68. The summed E-state index contributed by atoms with van der Waals surface area (Å²) in [5, 5.41) is 1.93. The molecule has 0 aromatic carbocycles. The SMILES string of the molecule is CSc1nc(Cl)nc2sc(C=O)cc12.